The monoisotopic (exact) mass is 450 g/mol. The smallest absolute Gasteiger partial charge is 0.294 e. The molecule has 0 aromatic heterocycles. The lowest BCUT2D eigenvalue weighted by Gasteiger charge is -2.19. The zero-order chi connectivity index (χ0) is 22.0. The molecule has 30 heavy (non-hydrogen) atoms. The summed E-state index contributed by atoms with van der Waals surface area (Å²) in [5.41, 5.74) is 1.96. The van der Waals surface area contributed by atoms with Gasteiger partial charge in [-0.2, -0.15) is 0 Å². The van der Waals surface area contributed by atoms with E-state index in [0.717, 1.165) is 5.56 Å². The number of rotatable bonds is 6. The fourth-order valence-corrected chi connectivity index (χ4v) is 3.64. The van der Waals surface area contributed by atoms with Crippen LogP contribution < -0.4 is 10.2 Å². The van der Waals surface area contributed by atoms with Crippen LogP contribution in [0, 0.1) is 12.7 Å². The molecule has 0 spiro atoms. The first kappa shape index (κ1) is 22.1. The van der Waals surface area contributed by atoms with Gasteiger partial charge in [-0.1, -0.05) is 29.3 Å². The fourth-order valence-electron chi connectivity index (χ4n) is 3.32. The molecule has 2 aromatic rings. The number of carbonyl (C=O) groups is 2. The Bertz CT molecular complexity index is 1040. The highest BCUT2D eigenvalue weighted by molar-refractivity contribution is 6.42. The van der Waals surface area contributed by atoms with Crippen molar-refractivity contribution in [3.05, 3.63) is 74.7 Å². The molecule has 0 aliphatic carbocycles. The van der Waals surface area contributed by atoms with Gasteiger partial charge in [0.05, 0.1) is 22.2 Å². The molecule has 1 unspecified atom stereocenters. The summed E-state index contributed by atoms with van der Waals surface area (Å²) in [6.07, 6.45) is 1.30. The van der Waals surface area contributed by atoms with Crippen LogP contribution in [0.15, 0.2) is 47.7 Å². The third kappa shape index (κ3) is 4.77. The van der Waals surface area contributed by atoms with Crippen LogP contribution in [0.25, 0.3) is 0 Å². The number of anilines is 1. The third-order valence-corrected chi connectivity index (χ3v) is 5.74. The number of amides is 2. The predicted octanol–water partition coefficient (Wildman–Crippen LogP) is 4.74. The number of aliphatic hydroxyl groups is 1. The van der Waals surface area contributed by atoms with Crippen molar-refractivity contribution in [2.45, 2.75) is 32.7 Å². The lowest BCUT2D eigenvalue weighted by atomic mass is 10.1. The van der Waals surface area contributed by atoms with E-state index in [1.54, 1.807) is 19.1 Å². The highest BCUT2D eigenvalue weighted by atomic mass is 35.5. The lowest BCUT2D eigenvalue weighted by molar-refractivity contribution is -0.119. The molecule has 3 rings (SSSR count). The summed E-state index contributed by atoms with van der Waals surface area (Å²) < 4.78 is 13.4. The van der Waals surface area contributed by atoms with E-state index in [2.05, 4.69) is 5.32 Å². The number of benzene rings is 2. The zero-order valence-corrected chi connectivity index (χ0v) is 18.0. The molecular formula is C22H21Cl2FN2O3. The van der Waals surface area contributed by atoms with E-state index in [0.29, 0.717) is 34.1 Å². The van der Waals surface area contributed by atoms with Crippen molar-refractivity contribution in [2.75, 3.05) is 11.4 Å². The molecule has 2 aromatic carbocycles. The van der Waals surface area contributed by atoms with E-state index in [1.165, 1.54) is 23.1 Å². The first-order valence-electron chi connectivity index (χ1n) is 9.42. The Labute approximate surface area is 184 Å². The average Bonchev–Trinajstić information content (AvgIpc) is 2.98. The van der Waals surface area contributed by atoms with Crippen LogP contribution in [-0.4, -0.2) is 29.5 Å². The Morgan fingerprint density at radius 3 is 2.63 bits per heavy atom. The van der Waals surface area contributed by atoms with Gasteiger partial charge in [0.2, 0.25) is 0 Å². The van der Waals surface area contributed by atoms with Crippen LogP contribution in [0.2, 0.25) is 10.0 Å². The van der Waals surface area contributed by atoms with Crippen molar-refractivity contribution in [3.8, 4) is 0 Å². The van der Waals surface area contributed by atoms with E-state index in [9.17, 15) is 19.1 Å². The second-order valence-electron chi connectivity index (χ2n) is 7.31. The molecule has 0 radical (unpaired) electrons. The van der Waals surface area contributed by atoms with Gasteiger partial charge in [0.1, 0.15) is 5.82 Å². The molecular weight excluding hydrogens is 430 g/mol. The maximum Gasteiger partial charge on any atom is 0.294 e. The van der Waals surface area contributed by atoms with Gasteiger partial charge in [-0.05, 0) is 68.1 Å². The van der Waals surface area contributed by atoms with Gasteiger partial charge in [0.15, 0.2) is 5.76 Å². The summed E-state index contributed by atoms with van der Waals surface area (Å²) in [5, 5.41) is 14.0. The van der Waals surface area contributed by atoms with Crippen LogP contribution in [0.5, 0.6) is 0 Å². The molecule has 5 nitrogen and oxygen atoms in total. The van der Waals surface area contributed by atoms with Crippen molar-refractivity contribution in [3.63, 3.8) is 0 Å². The number of nitrogens with zero attached hydrogens (tertiary/aromatic N) is 1. The second-order valence-corrected chi connectivity index (χ2v) is 8.13. The van der Waals surface area contributed by atoms with E-state index in [1.807, 2.05) is 13.0 Å². The zero-order valence-electron chi connectivity index (χ0n) is 16.5. The maximum atomic E-state index is 13.4. The largest absolute Gasteiger partial charge is 0.503 e. The van der Waals surface area contributed by atoms with Gasteiger partial charge in [0, 0.05) is 11.7 Å². The van der Waals surface area contributed by atoms with Crippen LogP contribution in [0.3, 0.4) is 0 Å². The van der Waals surface area contributed by atoms with Crippen molar-refractivity contribution in [1.82, 2.24) is 5.32 Å². The van der Waals surface area contributed by atoms with Crippen molar-refractivity contribution < 1.29 is 19.1 Å². The Balaban J connectivity index is 1.63. The Morgan fingerprint density at radius 1 is 1.23 bits per heavy atom. The average molecular weight is 451 g/mol. The summed E-state index contributed by atoms with van der Waals surface area (Å²) in [6.45, 7) is 3.42. The third-order valence-electron chi connectivity index (χ3n) is 5.00. The summed E-state index contributed by atoms with van der Waals surface area (Å²) in [4.78, 5) is 26.3. The summed E-state index contributed by atoms with van der Waals surface area (Å²) in [6, 6.07) is 9.15. The number of carbonyl (C=O) groups excluding carboxylic acids is 2. The summed E-state index contributed by atoms with van der Waals surface area (Å²) >= 11 is 11.9. The SMILES string of the molecule is Cc1cc(F)ccc1N1CC(C(=O)NC(C)CCc2ccc(Cl)c(Cl)c2)=C(O)C1=O. The molecule has 158 valence electrons. The van der Waals surface area contributed by atoms with Gasteiger partial charge in [-0.25, -0.2) is 4.39 Å². The van der Waals surface area contributed by atoms with Crippen molar-refractivity contribution in [1.29, 1.82) is 0 Å². The van der Waals surface area contributed by atoms with Crippen LogP contribution in [0.4, 0.5) is 10.1 Å². The van der Waals surface area contributed by atoms with Crippen molar-refractivity contribution >= 4 is 40.7 Å². The number of aliphatic hydroxyl groups excluding tert-OH is 1. The number of nitrogens with one attached hydrogen (secondary N) is 1. The van der Waals surface area contributed by atoms with Gasteiger partial charge in [-0.3, -0.25) is 9.59 Å². The lowest BCUT2D eigenvalue weighted by Crippen LogP contribution is -2.35. The normalized spacial score (nSPS) is 15.0. The summed E-state index contributed by atoms with van der Waals surface area (Å²) in [5.74, 6) is -2.20. The molecule has 0 saturated heterocycles. The molecule has 0 fully saturated rings. The van der Waals surface area contributed by atoms with Gasteiger partial charge >= 0.3 is 0 Å². The number of hydrogen-bond donors (Lipinski definition) is 2. The molecule has 1 heterocycles. The van der Waals surface area contributed by atoms with Crippen LogP contribution in [-0.2, 0) is 16.0 Å². The Kier molecular flexibility index (Phi) is 6.68. The number of hydrogen-bond acceptors (Lipinski definition) is 3. The number of halogens is 3. The van der Waals surface area contributed by atoms with Gasteiger partial charge in [-0.15, -0.1) is 0 Å². The first-order valence-corrected chi connectivity index (χ1v) is 10.2. The molecule has 0 saturated carbocycles. The van der Waals surface area contributed by atoms with Crippen LogP contribution in [0.1, 0.15) is 24.5 Å². The minimum atomic E-state index is -0.682. The highest BCUT2D eigenvalue weighted by Crippen LogP contribution is 2.28. The van der Waals surface area contributed by atoms with Crippen molar-refractivity contribution in [2.24, 2.45) is 0 Å². The molecule has 8 heteroatoms. The summed E-state index contributed by atoms with van der Waals surface area (Å²) in [7, 11) is 0. The molecule has 1 atom stereocenters. The van der Waals surface area contributed by atoms with E-state index in [-0.39, 0.29) is 18.2 Å². The molecule has 2 N–H and O–H groups in total. The standard InChI is InChI=1S/C22H21Cl2FN2O3/c1-12-9-15(25)6-8-19(12)27-11-16(20(28)22(27)30)21(29)26-13(2)3-4-14-5-7-17(23)18(24)10-14/h5-10,13,28H,3-4,11H2,1-2H3,(H,26,29). The maximum absolute atomic E-state index is 13.4. The second kappa shape index (κ2) is 9.06. The predicted molar refractivity (Wildman–Crippen MR) is 116 cm³/mol. The van der Waals surface area contributed by atoms with E-state index < -0.39 is 23.4 Å². The minimum absolute atomic E-state index is 0.00916. The first-order chi connectivity index (χ1) is 14.2. The van der Waals surface area contributed by atoms with Gasteiger partial charge < -0.3 is 15.3 Å². The fraction of sp³-hybridized carbons (Fsp3) is 0.273. The van der Waals surface area contributed by atoms with Crippen LogP contribution >= 0.6 is 23.2 Å². The number of aryl methyl sites for hydroxylation is 2. The van der Waals surface area contributed by atoms with E-state index >= 15 is 0 Å². The molecule has 1 aliphatic rings. The topological polar surface area (TPSA) is 69.6 Å². The quantitative estimate of drug-likeness (QED) is 0.667. The molecule has 2 amide bonds. The highest BCUT2D eigenvalue weighted by Gasteiger charge is 2.35. The molecule has 1 aliphatic heterocycles. The molecule has 0 bridgehead atoms. The minimum Gasteiger partial charge on any atom is -0.503 e. The Hall–Kier alpha value is -2.57. The Morgan fingerprint density at radius 2 is 1.97 bits per heavy atom. The van der Waals surface area contributed by atoms with Gasteiger partial charge in [0.25, 0.3) is 11.8 Å². The van der Waals surface area contributed by atoms with E-state index in [4.69, 9.17) is 23.2 Å².